The van der Waals surface area contributed by atoms with Crippen molar-refractivity contribution in [2.45, 2.75) is 0 Å². The minimum atomic E-state index is 0.0485. The number of piperazine rings is 1. The number of nitrogens with zero attached hydrogens (tertiary/aromatic N) is 2. The van der Waals surface area contributed by atoms with E-state index in [-0.39, 0.29) is 5.91 Å². The minimum Gasteiger partial charge on any atom is -0.495 e. The summed E-state index contributed by atoms with van der Waals surface area (Å²) in [6.07, 6.45) is 1.34. The van der Waals surface area contributed by atoms with Gasteiger partial charge in [0, 0.05) is 38.0 Å². The largest absolute Gasteiger partial charge is 0.495 e. The van der Waals surface area contributed by atoms with Crippen molar-refractivity contribution in [1.29, 1.82) is 5.41 Å². The van der Waals surface area contributed by atoms with Crippen molar-refractivity contribution < 1.29 is 9.53 Å². The summed E-state index contributed by atoms with van der Waals surface area (Å²) in [7, 11) is 1.68. The summed E-state index contributed by atoms with van der Waals surface area (Å²) in [5, 5.41) is 9.44. The zero-order valence-corrected chi connectivity index (χ0v) is 15.9. The summed E-state index contributed by atoms with van der Waals surface area (Å²) in [6.45, 7) is 2.86. The molecule has 3 aromatic carbocycles. The van der Waals surface area contributed by atoms with Crippen LogP contribution >= 0.6 is 0 Å². The van der Waals surface area contributed by atoms with Gasteiger partial charge in [0.25, 0.3) is 5.91 Å². The number of nitrogens with one attached hydrogen (secondary N) is 1. The second kappa shape index (κ2) is 7.72. The van der Waals surface area contributed by atoms with Crippen LogP contribution in [-0.4, -0.2) is 50.3 Å². The van der Waals surface area contributed by atoms with Crippen LogP contribution in [0.1, 0.15) is 15.9 Å². The Morgan fingerprint density at radius 3 is 2.32 bits per heavy atom. The van der Waals surface area contributed by atoms with Crippen molar-refractivity contribution in [2.75, 3.05) is 38.2 Å². The molecule has 0 spiro atoms. The molecule has 4 rings (SSSR count). The SMILES string of the molecule is COc1ccccc1N1CCN(C(=O)c2ccc(C=N)c3ccccc23)CC1. The van der Waals surface area contributed by atoms with Gasteiger partial charge in [0.05, 0.1) is 12.8 Å². The number of anilines is 1. The Morgan fingerprint density at radius 1 is 0.929 bits per heavy atom. The highest BCUT2D eigenvalue weighted by Gasteiger charge is 2.24. The Bertz CT molecular complexity index is 1020. The van der Waals surface area contributed by atoms with Crippen molar-refractivity contribution >= 4 is 28.6 Å². The monoisotopic (exact) mass is 373 g/mol. The first kappa shape index (κ1) is 18.0. The minimum absolute atomic E-state index is 0.0485. The molecule has 5 nitrogen and oxygen atoms in total. The molecule has 1 N–H and O–H groups in total. The van der Waals surface area contributed by atoms with Gasteiger partial charge in [-0.05, 0) is 34.5 Å². The molecule has 0 saturated carbocycles. The zero-order chi connectivity index (χ0) is 19.5. The molecular weight excluding hydrogens is 350 g/mol. The quantitative estimate of drug-likeness (QED) is 0.708. The number of amides is 1. The lowest BCUT2D eigenvalue weighted by Crippen LogP contribution is -2.48. The lowest BCUT2D eigenvalue weighted by molar-refractivity contribution is 0.0748. The molecule has 3 aromatic rings. The van der Waals surface area contributed by atoms with Gasteiger partial charge in [0.2, 0.25) is 0 Å². The van der Waals surface area contributed by atoms with Gasteiger partial charge in [-0.1, -0.05) is 42.5 Å². The highest BCUT2D eigenvalue weighted by atomic mass is 16.5. The Labute approximate surface area is 164 Å². The maximum Gasteiger partial charge on any atom is 0.254 e. The van der Waals surface area contributed by atoms with E-state index in [2.05, 4.69) is 11.0 Å². The summed E-state index contributed by atoms with van der Waals surface area (Å²) in [4.78, 5) is 17.4. The van der Waals surface area contributed by atoms with Crippen molar-refractivity contribution in [3.05, 3.63) is 71.8 Å². The molecule has 0 bridgehead atoms. The Balaban J connectivity index is 1.55. The molecule has 0 aliphatic carbocycles. The number of ether oxygens (including phenoxy) is 1. The number of benzene rings is 3. The molecule has 1 amide bonds. The van der Waals surface area contributed by atoms with Crippen molar-refractivity contribution in [1.82, 2.24) is 4.90 Å². The fraction of sp³-hybridized carbons (Fsp3) is 0.217. The number of rotatable bonds is 4. The second-order valence-corrected chi connectivity index (χ2v) is 6.84. The Hall–Kier alpha value is -3.34. The highest BCUT2D eigenvalue weighted by molar-refractivity contribution is 6.11. The van der Waals surface area contributed by atoms with Crippen LogP contribution in [0.15, 0.2) is 60.7 Å². The van der Waals surface area contributed by atoms with E-state index < -0.39 is 0 Å². The molecule has 0 atom stereocenters. The van der Waals surface area contributed by atoms with Crippen LogP contribution in [0, 0.1) is 5.41 Å². The van der Waals surface area contributed by atoms with Crippen LogP contribution in [0.3, 0.4) is 0 Å². The topological polar surface area (TPSA) is 56.6 Å². The molecule has 1 saturated heterocycles. The molecule has 0 unspecified atom stereocenters. The van der Waals surface area contributed by atoms with Gasteiger partial charge in [0.1, 0.15) is 5.75 Å². The summed E-state index contributed by atoms with van der Waals surface area (Å²) >= 11 is 0. The number of hydrogen-bond acceptors (Lipinski definition) is 4. The van der Waals surface area contributed by atoms with Gasteiger partial charge in [-0.3, -0.25) is 4.79 Å². The Kier molecular flexibility index (Phi) is 4.98. The van der Waals surface area contributed by atoms with Crippen LogP contribution in [0.25, 0.3) is 10.8 Å². The van der Waals surface area contributed by atoms with E-state index in [0.717, 1.165) is 40.9 Å². The summed E-state index contributed by atoms with van der Waals surface area (Å²) in [5.74, 6) is 0.905. The van der Waals surface area contributed by atoms with Gasteiger partial charge in [-0.15, -0.1) is 0 Å². The maximum absolute atomic E-state index is 13.2. The predicted octanol–water partition coefficient (Wildman–Crippen LogP) is 3.81. The zero-order valence-electron chi connectivity index (χ0n) is 15.9. The molecule has 1 fully saturated rings. The van der Waals surface area contributed by atoms with Crippen molar-refractivity contribution in [2.24, 2.45) is 0 Å². The van der Waals surface area contributed by atoms with Crippen LogP contribution < -0.4 is 9.64 Å². The van der Waals surface area contributed by atoms with Gasteiger partial charge in [0.15, 0.2) is 0 Å². The predicted molar refractivity (Wildman–Crippen MR) is 113 cm³/mol. The van der Waals surface area contributed by atoms with Crippen molar-refractivity contribution in [3.8, 4) is 5.75 Å². The molecular formula is C23H23N3O2. The molecule has 1 aliphatic rings. The fourth-order valence-corrected chi connectivity index (χ4v) is 3.85. The van der Waals surface area contributed by atoms with Crippen LogP contribution in [0.5, 0.6) is 5.75 Å². The van der Waals surface area contributed by atoms with E-state index in [1.807, 2.05) is 59.5 Å². The van der Waals surface area contributed by atoms with E-state index >= 15 is 0 Å². The fourth-order valence-electron chi connectivity index (χ4n) is 3.85. The first-order valence-electron chi connectivity index (χ1n) is 9.42. The molecule has 0 radical (unpaired) electrons. The molecule has 28 heavy (non-hydrogen) atoms. The number of carbonyl (C=O) groups is 1. The molecule has 142 valence electrons. The smallest absolute Gasteiger partial charge is 0.254 e. The van der Waals surface area contributed by atoms with E-state index in [1.54, 1.807) is 7.11 Å². The second-order valence-electron chi connectivity index (χ2n) is 6.84. The summed E-state index contributed by atoms with van der Waals surface area (Å²) in [5.41, 5.74) is 2.60. The van der Waals surface area contributed by atoms with Gasteiger partial charge in [-0.2, -0.15) is 0 Å². The third kappa shape index (κ3) is 3.20. The van der Waals surface area contributed by atoms with Gasteiger partial charge in [-0.25, -0.2) is 0 Å². The number of methoxy groups -OCH3 is 1. The normalized spacial score (nSPS) is 14.2. The first-order chi connectivity index (χ1) is 13.7. The summed E-state index contributed by atoms with van der Waals surface area (Å²) in [6, 6.07) is 19.5. The standard InChI is InChI=1S/C23H23N3O2/c1-28-22-9-5-4-8-21(22)25-12-14-26(15-13-25)23(27)20-11-10-17(16-24)18-6-2-3-7-19(18)20/h2-11,16,24H,12-15H2,1H3. The lowest BCUT2D eigenvalue weighted by atomic mass is 9.99. The van der Waals surface area contributed by atoms with Crippen LogP contribution in [-0.2, 0) is 0 Å². The van der Waals surface area contributed by atoms with E-state index in [1.165, 1.54) is 6.21 Å². The average Bonchev–Trinajstić information content (AvgIpc) is 2.78. The van der Waals surface area contributed by atoms with Gasteiger partial charge < -0.3 is 19.9 Å². The number of para-hydroxylation sites is 2. The van der Waals surface area contributed by atoms with E-state index in [0.29, 0.717) is 18.7 Å². The third-order valence-corrected chi connectivity index (χ3v) is 5.34. The average molecular weight is 373 g/mol. The van der Waals surface area contributed by atoms with E-state index in [9.17, 15) is 4.79 Å². The molecule has 1 aliphatic heterocycles. The third-order valence-electron chi connectivity index (χ3n) is 5.34. The maximum atomic E-state index is 13.2. The molecule has 1 heterocycles. The number of fused-ring (bicyclic) bond motifs is 1. The molecule has 0 aromatic heterocycles. The number of hydrogen-bond donors (Lipinski definition) is 1. The first-order valence-corrected chi connectivity index (χ1v) is 9.42. The van der Waals surface area contributed by atoms with Crippen molar-refractivity contribution in [3.63, 3.8) is 0 Å². The number of carbonyl (C=O) groups excluding carboxylic acids is 1. The highest BCUT2D eigenvalue weighted by Crippen LogP contribution is 2.29. The Morgan fingerprint density at radius 2 is 1.61 bits per heavy atom. The van der Waals surface area contributed by atoms with Crippen LogP contribution in [0.2, 0.25) is 0 Å². The summed E-state index contributed by atoms with van der Waals surface area (Å²) < 4.78 is 5.47. The van der Waals surface area contributed by atoms with Gasteiger partial charge >= 0.3 is 0 Å². The lowest BCUT2D eigenvalue weighted by Gasteiger charge is -2.36. The van der Waals surface area contributed by atoms with Crippen LogP contribution in [0.4, 0.5) is 5.69 Å². The molecule has 5 heteroatoms. The van der Waals surface area contributed by atoms with E-state index in [4.69, 9.17) is 10.1 Å².